The highest BCUT2D eigenvalue weighted by molar-refractivity contribution is 6.32. The standard InChI is InChI=1S/C21H16Cl2N4O2/c22-16-7-5-14(6-8-16)11-21(29)27-24-13-15-12-17(9-10-20(15)28)25-26-19-4-2-1-3-18(19)23/h1-10,12-13,28H,11H2,(H,27,29). The lowest BCUT2D eigenvalue weighted by Crippen LogP contribution is -2.19. The van der Waals surface area contributed by atoms with E-state index in [4.69, 9.17) is 23.2 Å². The predicted octanol–water partition coefficient (Wildman–Crippen LogP) is 5.81. The number of aromatic hydroxyl groups is 1. The lowest BCUT2D eigenvalue weighted by atomic mass is 10.1. The maximum absolute atomic E-state index is 12.0. The summed E-state index contributed by atoms with van der Waals surface area (Å²) in [6.07, 6.45) is 1.50. The Bertz CT molecular complexity index is 1070. The van der Waals surface area contributed by atoms with Gasteiger partial charge in [-0.1, -0.05) is 47.5 Å². The summed E-state index contributed by atoms with van der Waals surface area (Å²) in [6.45, 7) is 0. The van der Waals surface area contributed by atoms with Crippen molar-refractivity contribution in [3.63, 3.8) is 0 Å². The Morgan fingerprint density at radius 2 is 1.76 bits per heavy atom. The van der Waals surface area contributed by atoms with Gasteiger partial charge in [-0.25, -0.2) is 5.43 Å². The zero-order chi connectivity index (χ0) is 20.6. The summed E-state index contributed by atoms with van der Waals surface area (Å²) in [5.74, 6) is -0.296. The molecule has 0 spiro atoms. The van der Waals surface area contributed by atoms with Gasteiger partial charge in [0.05, 0.1) is 23.3 Å². The fourth-order valence-corrected chi connectivity index (χ4v) is 2.65. The molecule has 0 aliphatic rings. The molecule has 0 aliphatic carbocycles. The summed E-state index contributed by atoms with van der Waals surface area (Å²) in [5, 5.41) is 23.2. The van der Waals surface area contributed by atoms with Gasteiger partial charge in [-0.15, -0.1) is 5.11 Å². The Kier molecular flexibility index (Phi) is 6.94. The number of rotatable bonds is 6. The minimum absolute atomic E-state index is 0.00241. The molecule has 8 heteroatoms. The number of hydrazone groups is 1. The van der Waals surface area contributed by atoms with Crippen molar-refractivity contribution in [3.8, 4) is 5.75 Å². The Hall–Kier alpha value is -3.22. The lowest BCUT2D eigenvalue weighted by Gasteiger charge is -2.02. The molecular weight excluding hydrogens is 411 g/mol. The van der Waals surface area contributed by atoms with Gasteiger partial charge >= 0.3 is 0 Å². The molecule has 0 heterocycles. The maximum Gasteiger partial charge on any atom is 0.244 e. The fraction of sp³-hybridized carbons (Fsp3) is 0.0476. The van der Waals surface area contributed by atoms with Gasteiger partial charge in [-0.2, -0.15) is 10.2 Å². The molecule has 0 bridgehead atoms. The largest absolute Gasteiger partial charge is 0.507 e. The van der Waals surface area contributed by atoms with E-state index in [9.17, 15) is 9.90 Å². The number of amides is 1. The van der Waals surface area contributed by atoms with Crippen molar-refractivity contribution in [3.05, 3.63) is 87.9 Å². The van der Waals surface area contributed by atoms with Crippen molar-refractivity contribution in [2.75, 3.05) is 0 Å². The van der Waals surface area contributed by atoms with E-state index in [1.165, 1.54) is 12.3 Å². The van der Waals surface area contributed by atoms with Crippen molar-refractivity contribution in [1.82, 2.24) is 5.43 Å². The van der Waals surface area contributed by atoms with Gasteiger partial charge in [-0.3, -0.25) is 4.79 Å². The average molecular weight is 427 g/mol. The summed E-state index contributed by atoms with van der Waals surface area (Å²) in [6, 6.07) is 18.7. The van der Waals surface area contributed by atoms with Crippen molar-refractivity contribution in [2.45, 2.75) is 6.42 Å². The van der Waals surface area contributed by atoms with Gasteiger partial charge in [0.1, 0.15) is 11.4 Å². The summed E-state index contributed by atoms with van der Waals surface area (Å²) in [4.78, 5) is 12.0. The third kappa shape index (κ3) is 6.14. The highest BCUT2D eigenvalue weighted by Gasteiger charge is 2.04. The van der Waals surface area contributed by atoms with Gasteiger partial charge in [0.15, 0.2) is 0 Å². The van der Waals surface area contributed by atoms with E-state index in [2.05, 4.69) is 20.8 Å². The van der Waals surface area contributed by atoms with Crippen LogP contribution in [0.5, 0.6) is 5.75 Å². The molecule has 3 aromatic carbocycles. The molecule has 0 unspecified atom stereocenters. The maximum atomic E-state index is 12.0. The van der Waals surface area contributed by atoms with Crippen LogP contribution in [-0.2, 0) is 11.2 Å². The SMILES string of the molecule is O=C(Cc1ccc(Cl)cc1)NN=Cc1cc(N=Nc2ccccc2Cl)ccc1O. The number of hydrogen-bond acceptors (Lipinski definition) is 5. The monoisotopic (exact) mass is 426 g/mol. The first kappa shape index (κ1) is 20.5. The first-order chi connectivity index (χ1) is 14.0. The number of phenols is 1. The Balaban J connectivity index is 1.64. The number of nitrogens with zero attached hydrogens (tertiary/aromatic N) is 3. The molecule has 1 amide bonds. The number of phenolic OH excluding ortho intramolecular Hbond substituents is 1. The van der Waals surface area contributed by atoms with E-state index in [1.54, 1.807) is 54.6 Å². The third-order valence-electron chi connectivity index (χ3n) is 3.81. The number of benzene rings is 3. The first-order valence-electron chi connectivity index (χ1n) is 8.57. The van der Waals surface area contributed by atoms with Crippen molar-refractivity contribution in [1.29, 1.82) is 0 Å². The second-order valence-electron chi connectivity index (χ2n) is 5.99. The van der Waals surface area contributed by atoms with E-state index in [0.717, 1.165) is 5.56 Å². The minimum atomic E-state index is -0.294. The van der Waals surface area contributed by atoms with E-state index < -0.39 is 0 Å². The van der Waals surface area contributed by atoms with Crippen LogP contribution in [-0.4, -0.2) is 17.2 Å². The van der Waals surface area contributed by atoms with Gasteiger partial charge in [-0.05, 0) is 48.0 Å². The number of nitrogens with one attached hydrogen (secondary N) is 1. The van der Waals surface area contributed by atoms with Crippen LogP contribution in [0.1, 0.15) is 11.1 Å². The van der Waals surface area contributed by atoms with Crippen LogP contribution < -0.4 is 5.43 Å². The Morgan fingerprint density at radius 3 is 2.52 bits per heavy atom. The summed E-state index contributed by atoms with van der Waals surface area (Å²) in [7, 11) is 0. The second-order valence-corrected chi connectivity index (χ2v) is 6.83. The van der Waals surface area contributed by atoms with Crippen LogP contribution in [0.25, 0.3) is 0 Å². The Labute approximate surface area is 177 Å². The van der Waals surface area contributed by atoms with Crippen LogP contribution in [0.15, 0.2) is 82.1 Å². The van der Waals surface area contributed by atoms with E-state index in [1.807, 2.05) is 6.07 Å². The van der Waals surface area contributed by atoms with Crippen LogP contribution in [0, 0.1) is 0 Å². The smallest absolute Gasteiger partial charge is 0.244 e. The molecule has 146 valence electrons. The topological polar surface area (TPSA) is 86.4 Å². The molecule has 2 N–H and O–H groups in total. The highest BCUT2D eigenvalue weighted by Crippen LogP contribution is 2.27. The van der Waals surface area contributed by atoms with Gasteiger partial charge < -0.3 is 5.11 Å². The molecule has 29 heavy (non-hydrogen) atoms. The normalized spacial score (nSPS) is 11.2. The molecule has 6 nitrogen and oxygen atoms in total. The zero-order valence-electron chi connectivity index (χ0n) is 15.1. The molecule has 0 atom stereocenters. The second kappa shape index (κ2) is 9.82. The van der Waals surface area contributed by atoms with E-state index in [-0.39, 0.29) is 18.1 Å². The number of halogens is 2. The van der Waals surface area contributed by atoms with Gasteiger partial charge in [0, 0.05) is 10.6 Å². The number of carbonyl (C=O) groups is 1. The highest BCUT2D eigenvalue weighted by atomic mass is 35.5. The van der Waals surface area contributed by atoms with Crippen LogP contribution in [0.2, 0.25) is 10.0 Å². The van der Waals surface area contributed by atoms with Gasteiger partial charge in [0.25, 0.3) is 0 Å². The third-order valence-corrected chi connectivity index (χ3v) is 4.38. The van der Waals surface area contributed by atoms with E-state index in [0.29, 0.717) is 27.0 Å². The summed E-state index contributed by atoms with van der Waals surface area (Å²) in [5.41, 5.74) is 4.65. The lowest BCUT2D eigenvalue weighted by molar-refractivity contribution is -0.120. The van der Waals surface area contributed by atoms with Crippen LogP contribution >= 0.6 is 23.2 Å². The molecule has 0 saturated carbocycles. The zero-order valence-corrected chi connectivity index (χ0v) is 16.6. The number of hydrogen-bond donors (Lipinski definition) is 2. The average Bonchev–Trinajstić information content (AvgIpc) is 2.71. The summed E-state index contributed by atoms with van der Waals surface area (Å²) < 4.78 is 0. The van der Waals surface area contributed by atoms with Gasteiger partial charge in [0.2, 0.25) is 5.91 Å². The number of carbonyl (C=O) groups excluding carboxylic acids is 1. The number of azo groups is 1. The van der Waals surface area contributed by atoms with E-state index >= 15 is 0 Å². The molecule has 0 aliphatic heterocycles. The predicted molar refractivity (Wildman–Crippen MR) is 115 cm³/mol. The van der Waals surface area contributed by atoms with Crippen molar-refractivity contribution < 1.29 is 9.90 Å². The molecular formula is C21H16Cl2N4O2. The molecule has 3 rings (SSSR count). The minimum Gasteiger partial charge on any atom is -0.507 e. The van der Waals surface area contributed by atoms with Crippen LogP contribution in [0.3, 0.4) is 0 Å². The first-order valence-corrected chi connectivity index (χ1v) is 9.32. The molecule has 0 saturated heterocycles. The molecule has 0 fully saturated rings. The Morgan fingerprint density at radius 1 is 1.00 bits per heavy atom. The van der Waals surface area contributed by atoms with Crippen molar-refractivity contribution in [2.24, 2.45) is 15.3 Å². The quantitative estimate of drug-likeness (QED) is 0.296. The molecule has 3 aromatic rings. The molecule has 0 radical (unpaired) electrons. The molecule has 0 aromatic heterocycles. The van der Waals surface area contributed by atoms with Crippen molar-refractivity contribution >= 4 is 46.7 Å². The summed E-state index contributed by atoms with van der Waals surface area (Å²) >= 11 is 11.9. The van der Waals surface area contributed by atoms with Crippen LogP contribution in [0.4, 0.5) is 11.4 Å². The fourth-order valence-electron chi connectivity index (χ4n) is 2.35.